The smallest absolute Gasteiger partial charge is 0.251 e. The number of nitrogens with one attached hydrogen (secondary N) is 1. The number of halogens is 1. The van der Waals surface area contributed by atoms with Gasteiger partial charge in [0.05, 0.1) is 0 Å². The first-order valence-corrected chi connectivity index (χ1v) is 4.43. The molecule has 1 amide bonds. The molecule has 3 nitrogen and oxygen atoms in total. The van der Waals surface area contributed by atoms with Gasteiger partial charge in [-0.25, -0.2) is 4.98 Å². The van der Waals surface area contributed by atoms with Gasteiger partial charge in [-0.2, -0.15) is 0 Å². The number of carbonyl (C=O) groups is 1. The second kappa shape index (κ2) is 4.21. The van der Waals surface area contributed by atoms with Gasteiger partial charge in [-0.1, -0.05) is 0 Å². The summed E-state index contributed by atoms with van der Waals surface area (Å²) in [4.78, 5) is 15.2. The van der Waals surface area contributed by atoms with E-state index in [9.17, 15) is 4.79 Å². The van der Waals surface area contributed by atoms with Crippen molar-refractivity contribution >= 4 is 21.8 Å². The maximum Gasteiger partial charge on any atom is 0.251 e. The summed E-state index contributed by atoms with van der Waals surface area (Å²) < 4.78 is 0.672. The van der Waals surface area contributed by atoms with Crippen LogP contribution in [-0.4, -0.2) is 17.4 Å². The van der Waals surface area contributed by atoms with E-state index >= 15 is 0 Å². The molecule has 0 aliphatic carbocycles. The summed E-state index contributed by atoms with van der Waals surface area (Å²) in [5.74, 6) is -0.0689. The molecule has 4 heteroatoms. The first-order chi connectivity index (χ1) is 5.74. The zero-order chi connectivity index (χ0) is 8.97. The van der Waals surface area contributed by atoms with Crippen LogP contribution in [0.3, 0.4) is 0 Å². The molecule has 1 N–H and O–H groups in total. The molecule has 1 aromatic rings. The van der Waals surface area contributed by atoms with Gasteiger partial charge in [0.2, 0.25) is 0 Å². The Bertz CT molecular complexity index is 288. The van der Waals surface area contributed by atoms with Gasteiger partial charge in [0, 0.05) is 18.3 Å². The lowest BCUT2D eigenvalue weighted by atomic mass is 10.2. The molecular formula is C8H9BrN2O. The highest BCUT2D eigenvalue weighted by Crippen LogP contribution is 2.07. The first kappa shape index (κ1) is 9.19. The van der Waals surface area contributed by atoms with Crippen molar-refractivity contribution in [3.05, 3.63) is 28.5 Å². The topological polar surface area (TPSA) is 42.0 Å². The molecule has 0 fully saturated rings. The van der Waals surface area contributed by atoms with E-state index in [-0.39, 0.29) is 5.91 Å². The van der Waals surface area contributed by atoms with E-state index in [1.54, 1.807) is 18.3 Å². The van der Waals surface area contributed by atoms with Crippen molar-refractivity contribution in [3.8, 4) is 0 Å². The molecule has 64 valence electrons. The van der Waals surface area contributed by atoms with E-state index in [0.29, 0.717) is 16.7 Å². The van der Waals surface area contributed by atoms with Gasteiger partial charge in [0.25, 0.3) is 5.91 Å². The molecule has 0 spiro atoms. The van der Waals surface area contributed by atoms with Crippen LogP contribution >= 0.6 is 15.9 Å². The Hall–Kier alpha value is -0.900. The number of hydrogen-bond donors (Lipinski definition) is 1. The molecule has 0 aliphatic heterocycles. The van der Waals surface area contributed by atoms with Crippen LogP contribution in [0, 0.1) is 0 Å². The number of hydrogen-bond acceptors (Lipinski definition) is 2. The Morgan fingerprint density at radius 3 is 3.08 bits per heavy atom. The molecule has 1 aromatic heterocycles. The van der Waals surface area contributed by atoms with Crippen molar-refractivity contribution in [2.75, 3.05) is 6.54 Å². The predicted octanol–water partition coefficient (Wildman–Crippen LogP) is 1.59. The number of carbonyl (C=O) groups excluding carboxylic acids is 1. The van der Waals surface area contributed by atoms with E-state index in [4.69, 9.17) is 0 Å². The van der Waals surface area contributed by atoms with Crippen molar-refractivity contribution in [2.45, 2.75) is 6.92 Å². The molecule has 0 radical (unpaired) electrons. The number of aromatic nitrogens is 1. The number of nitrogens with zero attached hydrogens (tertiary/aromatic N) is 1. The molecule has 1 heterocycles. The van der Waals surface area contributed by atoms with Gasteiger partial charge in [0.1, 0.15) is 4.60 Å². The summed E-state index contributed by atoms with van der Waals surface area (Å²) >= 11 is 3.19. The summed E-state index contributed by atoms with van der Waals surface area (Å²) in [6.07, 6.45) is 1.59. The fourth-order valence-corrected chi connectivity index (χ4v) is 1.17. The van der Waals surface area contributed by atoms with E-state index in [2.05, 4.69) is 26.2 Å². The predicted molar refractivity (Wildman–Crippen MR) is 49.9 cm³/mol. The number of pyridine rings is 1. The van der Waals surface area contributed by atoms with Crippen LogP contribution < -0.4 is 5.32 Å². The minimum atomic E-state index is -0.0689. The second-order valence-corrected chi connectivity index (χ2v) is 3.04. The standard InChI is InChI=1S/C8H9BrN2O/c1-2-10-8(12)6-3-4-11-7(9)5-6/h3-5H,2H2,1H3,(H,10,12). The van der Waals surface area contributed by atoms with Gasteiger partial charge < -0.3 is 5.32 Å². The van der Waals surface area contributed by atoms with Crippen molar-refractivity contribution in [1.29, 1.82) is 0 Å². The van der Waals surface area contributed by atoms with Crippen LogP contribution in [0.5, 0.6) is 0 Å². The largest absolute Gasteiger partial charge is 0.352 e. The van der Waals surface area contributed by atoms with Crippen LogP contribution in [0.4, 0.5) is 0 Å². The highest BCUT2D eigenvalue weighted by molar-refractivity contribution is 9.10. The van der Waals surface area contributed by atoms with E-state index in [1.807, 2.05) is 6.92 Å². The Kier molecular flexibility index (Phi) is 3.22. The minimum Gasteiger partial charge on any atom is -0.352 e. The fraction of sp³-hybridized carbons (Fsp3) is 0.250. The summed E-state index contributed by atoms with van der Waals surface area (Å²) in [7, 11) is 0. The number of rotatable bonds is 2. The van der Waals surface area contributed by atoms with Gasteiger partial charge in [0.15, 0.2) is 0 Å². The third-order valence-corrected chi connectivity index (χ3v) is 1.76. The molecule has 0 unspecified atom stereocenters. The van der Waals surface area contributed by atoms with E-state index in [1.165, 1.54) is 0 Å². The van der Waals surface area contributed by atoms with Crippen LogP contribution in [0.1, 0.15) is 17.3 Å². The van der Waals surface area contributed by atoms with E-state index in [0.717, 1.165) is 0 Å². The molecule has 1 rings (SSSR count). The Morgan fingerprint density at radius 1 is 1.75 bits per heavy atom. The average molecular weight is 229 g/mol. The maximum absolute atomic E-state index is 11.2. The summed E-state index contributed by atoms with van der Waals surface area (Å²) in [6.45, 7) is 2.52. The second-order valence-electron chi connectivity index (χ2n) is 2.23. The first-order valence-electron chi connectivity index (χ1n) is 3.63. The lowest BCUT2D eigenvalue weighted by Crippen LogP contribution is -2.22. The fourth-order valence-electron chi connectivity index (χ4n) is 0.806. The van der Waals surface area contributed by atoms with Crippen LogP contribution in [-0.2, 0) is 0 Å². The normalized spacial score (nSPS) is 9.50. The Balaban J connectivity index is 2.81. The van der Waals surface area contributed by atoms with Crippen molar-refractivity contribution in [2.24, 2.45) is 0 Å². The Labute approximate surface area is 79.3 Å². The lowest BCUT2D eigenvalue weighted by molar-refractivity contribution is 0.0955. The van der Waals surface area contributed by atoms with Crippen LogP contribution in [0.25, 0.3) is 0 Å². The highest BCUT2D eigenvalue weighted by atomic mass is 79.9. The lowest BCUT2D eigenvalue weighted by Gasteiger charge is -2.00. The summed E-state index contributed by atoms with van der Waals surface area (Å²) in [5, 5.41) is 2.70. The summed E-state index contributed by atoms with van der Waals surface area (Å²) in [6, 6.07) is 3.36. The highest BCUT2D eigenvalue weighted by Gasteiger charge is 2.03. The third kappa shape index (κ3) is 2.30. The van der Waals surface area contributed by atoms with E-state index < -0.39 is 0 Å². The molecule has 0 atom stereocenters. The molecule has 0 aromatic carbocycles. The zero-order valence-corrected chi connectivity index (χ0v) is 8.26. The van der Waals surface area contributed by atoms with Crippen LogP contribution in [0.2, 0.25) is 0 Å². The average Bonchev–Trinajstić information content (AvgIpc) is 2.05. The molecule has 0 saturated heterocycles. The molecular weight excluding hydrogens is 220 g/mol. The minimum absolute atomic E-state index is 0.0689. The molecule has 0 saturated carbocycles. The van der Waals surface area contributed by atoms with Gasteiger partial charge >= 0.3 is 0 Å². The van der Waals surface area contributed by atoms with Crippen molar-refractivity contribution in [1.82, 2.24) is 10.3 Å². The third-order valence-electron chi connectivity index (χ3n) is 1.33. The maximum atomic E-state index is 11.2. The van der Waals surface area contributed by atoms with Gasteiger partial charge in [-0.05, 0) is 35.0 Å². The summed E-state index contributed by atoms with van der Waals surface area (Å²) in [5.41, 5.74) is 0.624. The van der Waals surface area contributed by atoms with Crippen molar-refractivity contribution in [3.63, 3.8) is 0 Å². The van der Waals surface area contributed by atoms with Crippen molar-refractivity contribution < 1.29 is 4.79 Å². The van der Waals surface area contributed by atoms with Gasteiger partial charge in [-0.3, -0.25) is 4.79 Å². The monoisotopic (exact) mass is 228 g/mol. The quantitative estimate of drug-likeness (QED) is 0.782. The molecule has 0 aliphatic rings. The SMILES string of the molecule is CCNC(=O)c1ccnc(Br)c1. The molecule has 12 heavy (non-hydrogen) atoms. The van der Waals surface area contributed by atoms with Crippen LogP contribution in [0.15, 0.2) is 22.9 Å². The molecule has 0 bridgehead atoms. The Morgan fingerprint density at radius 2 is 2.50 bits per heavy atom. The zero-order valence-electron chi connectivity index (χ0n) is 6.67. The van der Waals surface area contributed by atoms with Gasteiger partial charge in [-0.15, -0.1) is 0 Å². The number of amides is 1.